The zero-order chi connectivity index (χ0) is 22.0. The van der Waals surface area contributed by atoms with Crippen LogP contribution >= 0.6 is 0 Å². The predicted octanol–water partition coefficient (Wildman–Crippen LogP) is 5.74. The summed E-state index contributed by atoms with van der Waals surface area (Å²) in [5.41, 5.74) is 0.588. The van der Waals surface area contributed by atoms with Gasteiger partial charge in [0.05, 0.1) is 18.8 Å². The number of hydrogen-bond donors (Lipinski definition) is 0. The highest BCUT2D eigenvalue weighted by Crippen LogP contribution is 2.21. The second-order valence-corrected chi connectivity index (χ2v) is 7.75. The molecule has 1 aliphatic heterocycles. The Labute approximate surface area is 177 Å². The Morgan fingerprint density at radius 3 is 2.13 bits per heavy atom. The number of hydrogen-bond acceptors (Lipinski definition) is 2. The van der Waals surface area contributed by atoms with Gasteiger partial charge in [-0.2, -0.15) is 0 Å². The van der Waals surface area contributed by atoms with Crippen molar-refractivity contribution in [2.45, 2.75) is 26.1 Å². The van der Waals surface area contributed by atoms with Crippen LogP contribution in [0.15, 0.2) is 42.5 Å². The average Bonchev–Trinajstić information content (AvgIpc) is 2.73. The van der Waals surface area contributed by atoms with Crippen molar-refractivity contribution in [1.82, 2.24) is 0 Å². The van der Waals surface area contributed by atoms with Crippen molar-refractivity contribution < 1.29 is 27.0 Å². The third-order valence-corrected chi connectivity index (χ3v) is 5.12. The fourth-order valence-corrected chi connectivity index (χ4v) is 3.43. The molecule has 1 fully saturated rings. The van der Waals surface area contributed by atoms with E-state index < -0.39 is 23.3 Å². The maximum Gasteiger partial charge on any atom is 0.159 e. The Morgan fingerprint density at radius 2 is 1.45 bits per heavy atom. The Balaban J connectivity index is 1.50. The molecule has 0 unspecified atom stereocenters. The van der Waals surface area contributed by atoms with E-state index in [1.54, 1.807) is 18.2 Å². The van der Waals surface area contributed by atoms with E-state index in [-0.39, 0.29) is 11.9 Å². The topological polar surface area (TPSA) is 18.5 Å². The highest BCUT2D eigenvalue weighted by Gasteiger charge is 2.19. The lowest BCUT2D eigenvalue weighted by Gasteiger charge is -2.27. The van der Waals surface area contributed by atoms with Gasteiger partial charge in [-0.05, 0) is 59.2 Å². The molecule has 1 saturated heterocycles. The number of aryl methyl sites for hydroxylation is 1. The van der Waals surface area contributed by atoms with E-state index in [1.165, 1.54) is 12.1 Å². The first-order valence-electron chi connectivity index (χ1n) is 10.0. The first-order chi connectivity index (χ1) is 14.9. The number of halogens is 4. The van der Waals surface area contributed by atoms with E-state index in [0.29, 0.717) is 53.9 Å². The van der Waals surface area contributed by atoms with Crippen molar-refractivity contribution in [3.8, 4) is 11.8 Å². The smallest absolute Gasteiger partial charge is 0.159 e. The molecule has 1 heterocycles. The van der Waals surface area contributed by atoms with Crippen LogP contribution in [-0.2, 0) is 15.9 Å². The van der Waals surface area contributed by atoms with Gasteiger partial charge in [-0.25, -0.2) is 17.6 Å². The third kappa shape index (κ3) is 5.07. The van der Waals surface area contributed by atoms with Crippen molar-refractivity contribution in [3.63, 3.8) is 0 Å². The van der Waals surface area contributed by atoms with Gasteiger partial charge in [0, 0.05) is 17.9 Å². The van der Waals surface area contributed by atoms with Crippen LogP contribution in [0.1, 0.15) is 30.0 Å². The van der Waals surface area contributed by atoms with Crippen molar-refractivity contribution in [3.05, 3.63) is 82.4 Å². The lowest BCUT2D eigenvalue weighted by atomic mass is 10.0. The van der Waals surface area contributed by atoms with Gasteiger partial charge in [-0.15, -0.1) is 0 Å². The van der Waals surface area contributed by atoms with Crippen LogP contribution in [0.2, 0.25) is 0 Å². The molecule has 0 aliphatic carbocycles. The normalized spacial score (nSPS) is 18.6. The first-order valence-corrected chi connectivity index (χ1v) is 10.0. The summed E-state index contributed by atoms with van der Waals surface area (Å²) in [4.78, 5) is 0. The van der Waals surface area contributed by atoms with Crippen LogP contribution in [0.4, 0.5) is 17.6 Å². The molecule has 0 radical (unpaired) electrons. The fourth-order valence-electron chi connectivity index (χ4n) is 3.43. The standard InChI is InChI=1S/C25H20F4O2/c1-15-13-30-25(31-14-15)7-4-17-9-21(26)20(22(27)10-17)6-3-16-2-5-18-11-23(28)24(29)12-19(18)8-16/h2,5,8-12,15,25H,4,7,13-14H2,1H3. The SMILES string of the molecule is CC1COC(CCc2cc(F)c(C#Cc3ccc4cc(F)c(F)cc4c3)c(F)c2)OC1. The molecule has 31 heavy (non-hydrogen) atoms. The van der Waals surface area contributed by atoms with Gasteiger partial charge in [-0.3, -0.25) is 0 Å². The highest BCUT2D eigenvalue weighted by atomic mass is 19.2. The first kappa shape index (κ1) is 21.4. The number of rotatable bonds is 3. The Hall–Kier alpha value is -2.88. The summed E-state index contributed by atoms with van der Waals surface area (Å²) in [5, 5.41) is 0.954. The number of benzene rings is 3. The van der Waals surface area contributed by atoms with Crippen LogP contribution in [0.5, 0.6) is 0 Å². The quantitative estimate of drug-likeness (QED) is 0.391. The molecule has 2 nitrogen and oxygen atoms in total. The Morgan fingerprint density at radius 1 is 0.806 bits per heavy atom. The van der Waals surface area contributed by atoms with Gasteiger partial charge in [0.25, 0.3) is 0 Å². The van der Waals surface area contributed by atoms with E-state index in [2.05, 4.69) is 11.8 Å². The summed E-state index contributed by atoms with van der Waals surface area (Å²) in [6, 6.07) is 9.38. The van der Waals surface area contributed by atoms with Gasteiger partial charge < -0.3 is 9.47 Å². The van der Waals surface area contributed by atoms with Crippen molar-refractivity contribution in [2.75, 3.05) is 13.2 Å². The molecule has 0 spiro atoms. The maximum atomic E-state index is 14.5. The minimum absolute atomic E-state index is 0.340. The van der Waals surface area contributed by atoms with Gasteiger partial charge in [0.15, 0.2) is 17.9 Å². The minimum atomic E-state index is -0.969. The second kappa shape index (κ2) is 9.09. The molecule has 1 aliphatic rings. The molecule has 0 amide bonds. The molecule has 0 atom stereocenters. The van der Waals surface area contributed by atoms with Gasteiger partial charge in [0.1, 0.15) is 11.6 Å². The third-order valence-electron chi connectivity index (χ3n) is 5.12. The number of ether oxygens (including phenoxy) is 2. The largest absolute Gasteiger partial charge is 0.352 e. The van der Waals surface area contributed by atoms with E-state index in [4.69, 9.17) is 9.47 Å². The Bertz CT molecular complexity index is 1150. The molecule has 4 rings (SSSR count). The van der Waals surface area contributed by atoms with Crippen molar-refractivity contribution >= 4 is 10.8 Å². The molecule has 6 heteroatoms. The molecule has 3 aromatic carbocycles. The molecule has 160 valence electrons. The molecular formula is C25H20F4O2. The molecule has 0 N–H and O–H groups in total. The zero-order valence-electron chi connectivity index (χ0n) is 16.9. The molecule has 0 aromatic heterocycles. The molecular weight excluding hydrogens is 408 g/mol. The van der Waals surface area contributed by atoms with Crippen LogP contribution < -0.4 is 0 Å². The van der Waals surface area contributed by atoms with Crippen LogP contribution in [0.25, 0.3) is 10.8 Å². The highest BCUT2D eigenvalue weighted by molar-refractivity contribution is 5.84. The summed E-state index contributed by atoms with van der Waals surface area (Å²) in [6.45, 7) is 3.24. The van der Waals surface area contributed by atoms with Crippen LogP contribution in [-0.4, -0.2) is 19.5 Å². The second-order valence-electron chi connectivity index (χ2n) is 7.75. The van der Waals surface area contributed by atoms with E-state index in [9.17, 15) is 17.6 Å². The molecule has 0 saturated carbocycles. The summed E-state index contributed by atoms with van der Waals surface area (Å²) in [6.07, 6.45) is 0.547. The van der Waals surface area contributed by atoms with E-state index in [0.717, 1.165) is 12.1 Å². The lowest BCUT2D eigenvalue weighted by Crippen LogP contribution is -2.30. The zero-order valence-corrected chi connectivity index (χ0v) is 16.9. The van der Waals surface area contributed by atoms with Crippen LogP contribution in [0.3, 0.4) is 0 Å². The van der Waals surface area contributed by atoms with E-state index >= 15 is 0 Å². The summed E-state index contributed by atoms with van der Waals surface area (Å²) in [5.74, 6) is 2.12. The minimum Gasteiger partial charge on any atom is -0.352 e. The van der Waals surface area contributed by atoms with Gasteiger partial charge in [-0.1, -0.05) is 24.8 Å². The summed E-state index contributed by atoms with van der Waals surface area (Å²) < 4.78 is 66.8. The summed E-state index contributed by atoms with van der Waals surface area (Å²) >= 11 is 0. The molecule has 3 aromatic rings. The maximum absolute atomic E-state index is 14.5. The fraction of sp³-hybridized carbons (Fsp3) is 0.280. The van der Waals surface area contributed by atoms with Gasteiger partial charge >= 0.3 is 0 Å². The number of fused-ring (bicyclic) bond motifs is 1. The van der Waals surface area contributed by atoms with Crippen LogP contribution in [0, 0.1) is 41.0 Å². The monoisotopic (exact) mass is 428 g/mol. The van der Waals surface area contributed by atoms with Gasteiger partial charge in [0.2, 0.25) is 0 Å². The van der Waals surface area contributed by atoms with Crippen molar-refractivity contribution in [1.29, 1.82) is 0 Å². The lowest BCUT2D eigenvalue weighted by molar-refractivity contribution is -0.199. The van der Waals surface area contributed by atoms with E-state index in [1.807, 2.05) is 6.92 Å². The van der Waals surface area contributed by atoms with Crippen molar-refractivity contribution in [2.24, 2.45) is 5.92 Å². The molecule has 0 bridgehead atoms. The Kier molecular flexibility index (Phi) is 6.26. The summed E-state index contributed by atoms with van der Waals surface area (Å²) in [7, 11) is 0. The average molecular weight is 428 g/mol. The predicted molar refractivity (Wildman–Crippen MR) is 109 cm³/mol.